The molecule has 0 radical (unpaired) electrons. The Morgan fingerprint density at radius 1 is 1.39 bits per heavy atom. The van der Waals surface area contributed by atoms with Gasteiger partial charge in [0.25, 0.3) is 10.0 Å². The van der Waals surface area contributed by atoms with Crippen LogP contribution in [0, 0.1) is 0 Å². The summed E-state index contributed by atoms with van der Waals surface area (Å²) in [4.78, 5) is 6.15. The molecule has 0 atom stereocenters. The van der Waals surface area contributed by atoms with Crippen molar-refractivity contribution in [2.45, 2.75) is 4.90 Å². The Bertz CT molecular complexity index is 569. The highest BCUT2D eigenvalue weighted by atomic mass is 32.2. The first-order chi connectivity index (χ1) is 8.56. The van der Waals surface area contributed by atoms with Crippen LogP contribution in [0.4, 0.5) is 5.69 Å². The number of rotatable bonds is 3. The molecule has 98 valence electrons. The van der Waals surface area contributed by atoms with Crippen LogP contribution >= 0.6 is 0 Å². The lowest BCUT2D eigenvalue weighted by atomic mass is 10.3. The number of sulfonamides is 1. The van der Waals surface area contributed by atoms with E-state index in [1.165, 1.54) is 0 Å². The van der Waals surface area contributed by atoms with Crippen LogP contribution in [-0.2, 0) is 14.8 Å². The summed E-state index contributed by atoms with van der Waals surface area (Å²) in [5.41, 5.74) is 0.618. The quantitative estimate of drug-likeness (QED) is 0.807. The van der Waals surface area contributed by atoms with Crippen molar-refractivity contribution in [1.82, 2.24) is 4.72 Å². The van der Waals surface area contributed by atoms with E-state index in [0.29, 0.717) is 24.8 Å². The summed E-state index contributed by atoms with van der Waals surface area (Å²) in [5, 5.41) is 0. The molecule has 0 spiro atoms. The summed E-state index contributed by atoms with van der Waals surface area (Å²) in [5.74, 6) is 0.311. The largest absolute Gasteiger partial charge is 0.383 e. The number of fused-ring (bicyclic) bond motifs is 1. The lowest BCUT2D eigenvalue weighted by Gasteiger charge is -2.29. The fraction of sp³-hybridized carbons (Fsp3) is 0.364. The monoisotopic (exact) mass is 269 g/mol. The SMILES string of the molecule is COCCN=C1NS(=O)(=O)c2ccccc2N1C. The minimum Gasteiger partial charge on any atom is -0.383 e. The summed E-state index contributed by atoms with van der Waals surface area (Å²) >= 11 is 0. The Labute approximate surface area is 106 Å². The van der Waals surface area contributed by atoms with Gasteiger partial charge in [-0.3, -0.25) is 0 Å². The number of methoxy groups -OCH3 is 1. The summed E-state index contributed by atoms with van der Waals surface area (Å²) in [6, 6.07) is 6.81. The average Bonchev–Trinajstić information content (AvgIpc) is 2.36. The van der Waals surface area contributed by atoms with Gasteiger partial charge in [0, 0.05) is 14.2 Å². The van der Waals surface area contributed by atoms with E-state index in [0.717, 1.165) is 0 Å². The molecule has 0 amide bonds. The second kappa shape index (κ2) is 4.95. The Morgan fingerprint density at radius 3 is 2.83 bits per heavy atom. The molecule has 18 heavy (non-hydrogen) atoms. The Balaban J connectivity index is 2.40. The van der Waals surface area contributed by atoms with Crippen molar-refractivity contribution in [1.29, 1.82) is 0 Å². The zero-order valence-corrected chi connectivity index (χ0v) is 11.1. The molecule has 1 aliphatic heterocycles. The van der Waals surface area contributed by atoms with Gasteiger partial charge in [-0.2, -0.15) is 0 Å². The number of nitrogens with zero attached hydrogens (tertiary/aromatic N) is 2. The second-order valence-corrected chi connectivity index (χ2v) is 5.48. The molecule has 1 aromatic rings. The van der Waals surface area contributed by atoms with E-state index in [9.17, 15) is 8.42 Å². The van der Waals surface area contributed by atoms with E-state index in [2.05, 4.69) is 9.71 Å². The highest BCUT2D eigenvalue weighted by molar-refractivity contribution is 7.90. The van der Waals surface area contributed by atoms with E-state index < -0.39 is 10.0 Å². The van der Waals surface area contributed by atoms with Crippen molar-refractivity contribution in [3.05, 3.63) is 24.3 Å². The van der Waals surface area contributed by atoms with Gasteiger partial charge in [0.1, 0.15) is 4.90 Å². The molecule has 1 N–H and O–H groups in total. The van der Waals surface area contributed by atoms with Crippen LogP contribution in [0.1, 0.15) is 0 Å². The maximum absolute atomic E-state index is 12.0. The van der Waals surface area contributed by atoms with Crippen LogP contribution in [-0.4, -0.2) is 41.7 Å². The Kier molecular flexibility index (Phi) is 3.53. The number of para-hydroxylation sites is 1. The van der Waals surface area contributed by atoms with Crippen LogP contribution in [0.15, 0.2) is 34.2 Å². The van der Waals surface area contributed by atoms with Gasteiger partial charge in [-0.1, -0.05) is 12.1 Å². The molecule has 0 fully saturated rings. The van der Waals surface area contributed by atoms with E-state index in [-0.39, 0.29) is 4.90 Å². The summed E-state index contributed by atoms with van der Waals surface area (Å²) in [6.45, 7) is 0.849. The molecule has 2 rings (SSSR count). The van der Waals surface area contributed by atoms with Gasteiger partial charge < -0.3 is 9.64 Å². The van der Waals surface area contributed by atoms with Crippen LogP contribution in [0.5, 0.6) is 0 Å². The fourth-order valence-corrected chi connectivity index (χ4v) is 2.99. The first kappa shape index (κ1) is 12.8. The van der Waals surface area contributed by atoms with Gasteiger partial charge in [0.05, 0.1) is 18.8 Å². The number of ether oxygens (including phenoxy) is 1. The zero-order valence-electron chi connectivity index (χ0n) is 10.3. The van der Waals surface area contributed by atoms with Crippen LogP contribution in [0.3, 0.4) is 0 Å². The van der Waals surface area contributed by atoms with Crippen LogP contribution in [0.25, 0.3) is 0 Å². The third-order valence-electron chi connectivity index (χ3n) is 2.62. The van der Waals surface area contributed by atoms with Gasteiger partial charge in [0.15, 0.2) is 0 Å². The molecule has 0 unspecified atom stereocenters. The van der Waals surface area contributed by atoms with Gasteiger partial charge in [-0.25, -0.2) is 18.1 Å². The van der Waals surface area contributed by atoms with E-state index >= 15 is 0 Å². The number of hydrogen-bond donors (Lipinski definition) is 1. The van der Waals surface area contributed by atoms with Crippen molar-refractivity contribution in [3.8, 4) is 0 Å². The second-order valence-electron chi connectivity index (χ2n) is 3.83. The van der Waals surface area contributed by atoms with Crippen molar-refractivity contribution >= 4 is 21.7 Å². The third-order valence-corrected chi connectivity index (χ3v) is 3.99. The van der Waals surface area contributed by atoms with Gasteiger partial charge in [0.2, 0.25) is 5.96 Å². The minimum absolute atomic E-state index is 0.262. The maximum atomic E-state index is 12.0. The molecule has 0 aliphatic carbocycles. The highest BCUT2D eigenvalue weighted by Crippen LogP contribution is 2.27. The standard InChI is InChI=1S/C11H15N3O3S/c1-14-9-5-3-4-6-10(9)18(15,16)13-11(14)12-7-8-17-2/h3-6H,7-8H2,1-2H3,(H,12,13). The lowest BCUT2D eigenvalue weighted by molar-refractivity contribution is 0.208. The molecular weight excluding hydrogens is 254 g/mol. The van der Waals surface area contributed by atoms with Crippen LogP contribution in [0.2, 0.25) is 0 Å². The van der Waals surface area contributed by atoms with Crippen molar-refractivity contribution in [2.24, 2.45) is 4.99 Å². The number of anilines is 1. The first-order valence-corrected chi connectivity index (χ1v) is 6.93. The average molecular weight is 269 g/mol. The first-order valence-electron chi connectivity index (χ1n) is 5.45. The molecule has 1 aromatic carbocycles. The highest BCUT2D eigenvalue weighted by Gasteiger charge is 2.29. The molecular formula is C11H15N3O3S. The van der Waals surface area contributed by atoms with Gasteiger partial charge in [-0.15, -0.1) is 0 Å². The lowest BCUT2D eigenvalue weighted by Crippen LogP contribution is -2.47. The molecule has 1 heterocycles. The number of guanidine groups is 1. The molecule has 1 aliphatic rings. The summed E-state index contributed by atoms with van der Waals surface area (Å²) < 4.78 is 31.4. The van der Waals surface area contributed by atoms with Crippen LogP contribution < -0.4 is 9.62 Å². The summed E-state index contributed by atoms with van der Waals surface area (Å²) in [7, 11) is -0.181. The molecule has 0 saturated heterocycles. The number of aliphatic imine (C=N–C) groups is 1. The molecule has 7 heteroatoms. The van der Waals surface area contributed by atoms with E-state index in [1.807, 2.05) is 0 Å². The van der Waals surface area contributed by atoms with Gasteiger partial charge in [-0.05, 0) is 12.1 Å². The third kappa shape index (κ3) is 2.32. The van der Waals surface area contributed by atoms with E-state index in [1.54, 1.807) is 43.3 Å². The summed E-state index contributed by atoms with van der Waals surface area (Å²) in [6.07, 6.45) is 0. The minimum atomic E-state index is -3.52. The van der Waals surface area contributed by atoms with Gasteiger partial charge >= 0.3 is 0 Å². The van der Waals surface area contributed by atoms with Crippen molar-refractivity contribution in [3.63, 3.8) is 0 Å². The fourth-order valence-electron chi connectivity index (χ4n) is 1.70. The predicted molar refractivity (Wildman–Crippen MR) is 69.3 cm³/mol. The predicted octanol–water partition coefficient (Wildman–Crippen LogP) is 0.417. The molecule has 0 bridgehead atoms. The van der Waals surface area contributed by atoms with E-state index in [4.69, 9.17) is 4.74 Å². The Morgan fingerprint density at radius 2 is 2.11 bits per heavy atom. The normalized spacial score (nSPS) is 19.4. The van der Waals surface area contributed by atoms with Crippen molar-refractivity contribution in [2.75, 3.05) is 32.2 Å². The van der Waals surface area contributed by atoms with Crippen molar-refractivity contribution < 1.29 is 13.2 Å². The zero-order chi connectivity index (χ0) is 13.2. The number of hydrogen-bond acceptors (Lipinski definition) is 4. The smallest absolute Gasteiger partial charge is 0.266 e. The topological polar surface area (TPSA) is 71.0 Å². The molecule has 0 saturated carbocycles. The maximum Gasteiger partial charge on any atom is 0.266 e. The molecule has 6 nitrogen and oxygen atoms in total. The molecule has 0 aromatic heterocycles. The Hall–Kier alpha value is -1.60. The number of benzene rings is 1. The number of nitrogens with one attached hydrogen (secondary N) is 1.